The fraction of sp³-hybridized carbons (Fsp3) is 0.400. The van der Waals surface area contributed by atoms with Crippen LogP contribution in [-0.2, 0) is 0 Å². The van der Waals surface area contributed by atoms with Crippen LogP contribution in [-0.4, -0.2) is 6.04 Å². The van der Waals surface area contributed by atoms with E-state index < -0.39 is 0 Å². The summed E-state index contributed by atoms with van der Waals surface area (Å²) in [5, 5.41) is 3.24. The van der Waals surface area contributed by atoms with E-state index in [4.69, 9.17) is 10.8 Å². The average Bonchev–Trinajstić information content (AvgIpc) is 2.56. The zero-order valence-corrected chi connectivity index (χ0v) is 7.37. The molecule has 0 aliphatic rings. The molecule has 0 amide bonds. The monoisotopic (exact) mass is 163 g/mol. The van der Waals surface area contributed by atoms with Crippen molar-refractivity contribution in [3.8, 4) is 12.3 Å². The van der Waals surface area contributed by atoms with Crippen LogP contribution in [0.2, 0.25) is 0 Å². The van der Waals surface area contributed by atoms with E-state index in [2.05, 4.69) is 18.2 Å². The molecule has 0 bridgehead atoms. The van der Waals surface area contributed by atoms with E-state index in [0.29, 0.717) is 0 Å². The van der Waals surface area contributed by atoms with Crippen molar-refractivity contribution in [1.82, 2.24) is 5.32 Å². The summed E-state index contributed by atoms with van der Waals surface area (Å²) in [6, 6.07) is 2.27. The Bertz CT molecular complexity index is 258. The van der Waals surface area contributed by atoms with Gasteiger partial charge in [0.25, 0.3) is 0 Å². The van der Waals surface area contributed by atoms with Crippen molar-refractivity contribution in [2.24, 2.45) is 0 Å². The van der Waals surface area contributed by atoms with Crippen LogP contribution in [0.25, 0.3) is 0 Å². The maximum absolute atomic E-state index is 5.24. The summed E-state index contributed by atoms with van der Waals surface area (Å²) < 4.78 is 4.96. The SMILES string of the molecule is C#CC(C)NC(C)c1ccoc1. The molecule has 1 aromatic rings. The van der Waals surface area contributed by atoms with E-state index in [1.807, 2.05) is 13.0 Å². The Hall–Kier alpha value is -1.20. The molecule has 2 unspecified atom stereocenters. The molecule has 0 saturated carbocycles. The van der Waals surface area contributed by atoms with Gasteiger partial charge in [-0.25, -0.2) is 0 Å². The summed E-state index contributed by atoms with van der Waals surface area (Å²) in [7, 11) is 0. The maximum Gasteiger partial charge on any atom is 0.0950 e. The molecule has 0 aliphatic heterocycles. The third-order valence-corrected chi connectivity index (χ3v) is 1.79. The van der Waals surface area contributed by atoms with E-state index in [-0.39, 0.29) is 12.1 Å². The van der Waals surface area contributed by atoms with Crippen molar-refractivity contribution in [3.05, 3.63) is 24.2 Å². The number of furan rings is 1. The standard InChI is InChI=1S/C10H13NO/c1-4-8(2)11-9(3)10-5-6-12-7-10/h1,5-9,11H,2-3H3. The molecular formula is C10H13NO. The minimum atomic E-state index is 0.0925. The Labute approximate surface area is 73.0 Å². The quantitative estimate of drug-likeness (QED) is 0.689. The van der Waals surface area contributed by atoms with E-state index in [1.165, 1.54) is 0 Å². The maximum atomic E-state index is 5.24. The topological polar surface area (TPSA) is 25.2 Å². The summed E-state index contributed by atoms with van der Waals surface area (Å²) in [5.74, 6) is 2.62. The van der Waals surface area contributed by atoms with Crippen molar-refractivity contribution in [2.75, 3.05) is 0 Å². The van der Waals surface area contributed by atoms with Crippen LogP contribution in [0, 0.1) is 12.3 Å². The molecule has 1 aromatic heterocycles. The van der Waals surface area contributed by atoms with E-state index in [0.717, 1.165) is 5.56 Å². The van der Waals surface area contributed by atoms with Gasteiger partial charge in [-0.1, -0.05) is 5.92 Å². The first kappa shape index (κ1) is 8.89. The molecular weight excluding hydrogens is 150 g/mol. The van der Waals surface area contributed by atoms with Crippen molar-refractivity contribution < 1.29 is 4.42 Å². The highest BCUT2D eigenvalue weighted by molar-refractivity contribution is 5.11. The minimum Gasteiger partial charge on any atom is -0.472 e. The first-order chi connectivity index (χ1) is 5.74. The van der Waals surface area contributed by atoms with E-state index >= 15 is 0 Å². The van der Waals surface area contributed by atoms with Crippen molar-refractivity contribution >= 4 is 0 Å². The highest BCUT2D eigenvalue weighted by Crippen LogP contribution is 2.12. The number of rotatable bonds is 3. The van der Waals surface area contributed by atoms with Crippen LogP contribution in [0.5, 0.6) is 0 Å². The highest BCUT2D eigenvalue weighted by atomic mass is 16.3. The van der Waals surface area contributed by atoms with Gasteiger partial charge in [0, 0.05) is 11.6 Å². The molecule has 2 atom stereocenters. The second-order valence-corrected chi connectivity index (χ2v) is 2.83. The minimum absolute atomic E-state index is 0.0925. The molecule has 1 rings (SSSR count). The molecule has 0 saturated heterocycles. The van der Waals surface area contributed by atoms with Gasteiger partial charge in [0.1, 0.15) is 0 Å². The van der Waals surface area contributed by atoms with E-state index in [9.17, 15) is 0 Å². The van der Waals surface area contributed by atoms with E-state index in [1.54, 1.807) is 12.5 Å². The third-order valence-electron chi connectivity index (χ3n) is 1.79. The zero-order chi connectivity index (χ0) is 8.97. The molecule has 12 heavy (non-hydrogen) atoms. The lowest BCUT2D eigenvalue weighted by Crippen LogP contribution is -2.27. The Morgan fingerprint density at radius 2 is 2.33 bits per heavy atom. The Balaban J connectivity index is 2.51. The zero-order valence-electron chi connectivity index (χ0n) is 7.37. The smallest absolute Gasteiger partial charge is 0.0950 e. The van der Waals surface area contributed by atoms with Crippen molar-refractivity contribution in [1.29, 1.82) is 0 Å². The lowest BCUT2D eigenvalue weighted by atomic mass is 10.1. The normalized spacial score (nSPS) is 15.1. The fourth-order valence-corrected chi connectivity index (χ4v) is 1.04. The van der Waals surface area contributed by atoms with Gasteiger partial charge in [0.15, 0.2) is 0 Å². The Morgan fingerprint density at radius 3 is 2.83 bits per heavy atom. The van der Waals surface area contributed by atoms with Crippen LogP contribution >= 0.6 is 0 Å². The molecule has 0 spiro atoms. The summed E-state index contributed by atoms with van der Waals surface area (Å²) in [6.45, 7) is 4.01. The van der Waals surface area contributed by atoms with Gasteiger partial charge in [0.2, 0.25) is 0 Å². The molecule has 0 aliphatic carbocycles. The van der Waals surface area contributed by atoms with Gasteiger partial charge < -0.3 is 4.42 Å². The molecule has 2 nitrogen and oxygen atoms in total. The molecule has 0 aromatic carbocycles. The van der Waals surface area contributed by atoms with Gasteiger partial charge in [-0.3, -0.25) is 5.32 Å². The predicted octanol–water partition coefficient (Wildman–Crippen LogP) is 1.95. The lowest BCUT2D eigenvalue weighted by Gasteiger charge is -2.13. The fourth-order valence-electron chi connectivity index (χ4n) is 1.04. The molecule has 64 valence electrons. The van der Waals surface area contributed by atoms with Gasteiger partial charge in [-0.2, -0.15) is 0 Å². The van der Waals surface area contributed by atoms with Gasteiger partial charge in [0.05, 0.1) is 18.6 Å². The number of hydrogen-bond donors (Lipinski definition) is 1. The van der Waals surface area contributed by atoms with Crippen LogP contribution in [0.15, 0.2) is 23.0 Å². The molecule has 2 heteroatoms. The van der Waals surface area contributed by atoms with Gasteiger partial charge >= 0.3 is 0 Å². The van der Waals surface area contributed by atoms with Crippen LogP contribution in [0.4, 0.5) is 0 Å². The van der Waals surface area contributed by atoms with Gasteiger partial charge in [-0.15, -0.1) is 6.42 Å². The van der Waals surface area contributed by atoms with Crippen molar-refractivity contribution in [3.63, 3.8) is 0 Å². The predicted molar refractivity (Wildman–Crippen MR) is 48.6 cm³/mol. The van der Waals surface area contributed by atoms with Crippen LogP contribution < -0.4 is 5.32 Å². The molecule has 1 heterocycles. The first-order valence-electron chi connectivity index (χ1n) is 3.98. The Kier molecular flexibility index (Phi) is 2.95. The van der Waals surface area contributed by atoms with Gasteiger partial charge in [-0.05, 0) is 19.9 Å². The highest BCUT2D eigenvalue weighted by Gasteiger charge is 2.07. The summed E-state index contributed by atoms with van der Waals surface area (Å²) >= 11 is 0. The average molecular weight is 163 g/mol. The number of hydrogen-bond acceptors (Lipinski definition) is 2. The summed E-state index contributed by atoms with van der Waals surface area (Å²) in [6.07, 6.45) is 8.62. The van der Waals surface area contributed by atoms with Crippen LogP contribution in [0.1, 0.15) is 25.5 Å². The van der Waals surface area contributed by atoms with Crippen molar-refractivity contribution in [2.45, 2.75) is 25.9 Å². The first-order valence-corrected chi connectivity index (χ1v) is 3.98. The lowest BCUT2D eigenvalue weighted by molar-refractivity contribution is 0.525. The number of terminal acetylenes is 1. The largest absolute Gasteiger partial charge is 0.472 e. The Morgan fingerprint density at radius 1 is 1.58 bits per heavy atom. The summed E-state index contributed by atoms with van der Waals surface area (Å²) in [5.41, 5.74) is 1.12. The third kappa shape index (κ3) is 2.14. The van der Waals surface area contributed by atoms with Crippen LogP contribution in [0.3, 0.4) is 0 Å². The second kappa shape index (κ2) is 3.99. The molecule has 1 N–H and O–H groups in total. The number of nitrogens with one attached hydrogen (secondary N) is 1. The molecule has 0 radical (unpaired) electrons. The summed E-state index contributed by atoms with van der Waals surface area (Å²) in [4.78, 5) is 0. The second-order valence-electron chi connectivity index (χ2n) is 2.83. The molecule has 0 fully saturated rings.